The topological polar surface area (TPSA) is 93.4 Å². The first kappa shape index (κ1) is 17.7. The first-order chi connectivity index (χ1) is 11.5. The van der Waals surface area contributed by atoms with Gasteiger partial charge in [0.2, 0.25) is 11.6 Å². The third-order valence-electron chi connectivity index (χ3n) is 3.46. The van der Waals surface area contributed by atoms with Gasteiger partial charge in [-0.15, -0.1) is 0 Å². The van der Waals surface area contributed by atoms with Gasteiger partial charge in [-0.05, 0) is 32.0 Å². The number of benzene rings is 1. The zero-order valence-electron chi connectivity index (χ0n) is 13.6. The molecule has 0 bridgehead atoms. The molecule has 1 N–H and O–H groups in total. The Balaban J connectivity index is 2.53. The summed E-state index contributed by atoms with van der Waals surface area (Å²) in [4.78, 5) is 21.0. The lowest BCUT2D eigenvalue weighted by Crippen LogP contribution is -2.24. The molecule has 1 aromatic heterocycles. The summed E-state index contributed by atoms with van der Waals surface area (Å²) in [6.45, 7) is 4.99. The quantitative estimate of drug-likeness (QED) is 0.601. The molecule has 9 heteroatoms. The van der Waals surface area contributed by atoms with Crippen molar-refractivity contribution in [1.29, 1.82) is 0 Å². The summed E-state index contributed by atoms with van der Waals surface area (Å²) in [5.74, 6) is 0.845. The average molecular weight is 352 g/mol. The molecule has 128 valence electrons. The van der Waals surface area contributed by atoms with Crippen LogP contribution in [0.3, 0.4) is 0 Å². The highest BCUT2D eigenvalue weighted by Crippen LogP contribution is 2.36. The standard InChI is InChI=1S/C15H18ClN5O3/c1-4-20(5-2)15-13(21(22)23)14(17-9-18-15)19-11-8-10(16)6-7-12(11)24-3/h6-9H,4-5H2,1-3H3,(H,17,18,19). The van der Waals surface area contributed by atoms with Gasteiger partial charge in [-0.25, -0.2) is 9.97 Å². The maximum atomic E-state index is 11.6. The second-order valence-corrected chi connectivity index (χ2v) is 5.23. The highest BCUT2D eigenvalue weighted by atomic mass is 35.5. The van der Waals surface area contributed by atoms with E-state index < -0.39 is 4.92 Å². The molecule has 0 amide bonds. The minimum absolute atomic E-state index is 0.0810. The van der Waals surface area contributed by atoms with E-state index in [0.29, 0.717) is 29.5 Å². The van der Waals surface area contributed by atoms with Crippen LogP contribution in [-0.2, 0) is 0 Å². The van der Waals surface area contributed by atoms with Crippen molar-refractivity contribution in [2.45, 2.75) is 13.8 Å². The lowest BCUT2D eigenvalue weighted by molar-refractivity contribution is -0.383. The first-order valence-electron chi connectivity index (χ1n) is 7.36. The van der Waals surface area contributed by atoms with Crippen molar-refractivity contribution in [3.8, 4) is 5.75 Å². The Morgan fingerprint density at radius 3 is 2.62 bits per heavy atom. The normalized spacial score (nSPS) is 10.3. The predicted molar refractivity (Wildman–Crippen MR) is 93.5 cm³/mol. The smallest absolute Gasteiger partial charge is 0.353 e. The van der Waals surface area contributed by atoms with Gasteiger partial charge in [0.15, 0.2) is 0 Å². The molecule has 0 fully saturated rings. The molecule has 0 unspecified atom stereocenters. The van der Waals surface area contributed by atoms with E-state index in [0.717, 1.165) is 0 Å². The van der Waals surface area contributed by atoms with Gasteiger partial charge in [-0.2, -0.15) is 0 Å². The van der Waals surface area contributed by atoms with E-state index >= 15 is 0 Å². The highest BCUT2D eigenvalue weighted by molar-refractivity contribution is 6.31. The SMILES string of the molecule is CCN(CC)c1ncnc(Nc2cc(Cl)ccc2OC)c1[N+](=O)[O-]. The van der Waals surface area contributed by atoms with Crippen LogP contribution in [0.1, 0.15) is 13.8 Å². The zero-order chi connectivity index (χ0) is 17.7. The Morgan fingerprint density at radius 2 is 2.04 bits per heavy atom. The van der Waals surface area contributed by atoms with Gasteiger partial charge in [-0.1, -0.05) is 11.6 Å². The summed E-state index contributed by atoms with van der Waals surface area (Å²) in [6.07, 6.45) is 1.29. The van der Waals surface area contributed by atoms with Crippen LogP contribution in [0.4, 0.5) is 23.0 Å². The number of hydrogen-bond acceptors (Lipinski definition) is 7. The molecule has 2 rings (SSSR count). The maximum Gasteiger partial charge on any atom is 0.353 e. The van der Waals surface area contributed by atoms with Gasteiger partial charge in [0, 0.05) is 18.1 Å². The molecule has 0 aliphatic carbocycles. The minimum Gasteiger partial charge on any atom is -0.495 e. The summed E-state index contributed by atoms with van der Waals surface area (Å²) in [6, 6.07) is 4.95. The van der Waals surface area contributed by atoms with Crippen LogP contribution < -0.4 is 15.0 Å². The lowest BCUT2D eigenvalue weighted by Gasteiger charge is -2.20. The second-order valence-electron chi connectivity index (χ2n) is 4.79. The number of methoxy groups -OCH3 is 1. The monoisotopic (exact) mass is 351 g/mol. The van der Waals surface area contributed by atoms with Crippen LogP contribution in [0.2, 0.25) is 5.02 Å². The molecule has 1 heterocycles. The van der Waals surface area contributed by atoms with Crippen LogP contribution in [0.15, 0.2) is 24.5 Å². The molecule has 24 heavy (non-hydrogen) atoms. The average Bonchev–Trinajstić information content (AvgIpc) is 2.56. The van der Waals surface area contributed by atoms with Crippen molar-refractivity contribution >= 4 is 34.6 Å². The van der Waals surface area contributed by atoms with Crippen LogP contribution in [0, 0.1) is 10.1 Å². The van der Waals surface area contributed by atoms with Crippen LogP contribution in [0.5, 0.6) is 5.75 Å². The minimum atomic E-state index is -0.493. The van der Waals surface area contributed by atoms with Crippen molar-refractivity contribution in [1.82, 2.24) is 9.97 Å². The van der Waals surface area contributed by atoms with Crippen LogP contribution in [-0.4, -0.2) is 35.1 Å². The molecule has 8 nitrogen and oxygen atoms in total. The number of nitrogens with zero attached hydrogens (tertiary/aromatic N) is 4. The Hall–Kier alpha value is -2.61. The lowest BCUT2D eigenvalue weighted by atomic mass is 10.2. The number of aromatic nitrogens is 2. The molecule has 2 aromatic rings. The predicted octanol–water partition coefficient (Wildman–Crippen LogP) is 3.64. The summed E-state index contributed by atoms with van der Waals surface area (Å²) >= 11 is 6.00. The second kappa shape index (κ2) is 7.78. The molecule has 0 aliphatic rings. The number of rotatable bonds is 7. The fourth-order valence-corrected chi connectivity index (χ4v) is 2.46. The number of halogens is 1. The molecule has 0 radical (unpaired) electrons. The number of nitrogens with one attached hydrogen (secondary N) is 1. The number of nitro groups is 1. The van der Waals surface area contributed by atoms with Crippen molar-refractivity contribution in [2.24, 2.45) is 0 Å². The maximum absolute atomic E-state index is 11.6. The number of anilines is 3. The zero-order valence-corrected chi connectivity index (χ0v) is 14.4. The molecule has 0 atom stereocenters. The molecular weight excluding hydrogens is 334 g/mol. The fourth-order valence-electron chi connectivity index (χ4n) is 2.29. The first-order valence-corrected chi connectivity index (χ1v) is 7.74. The van der Waals surface area contributed by atoms with Crippen molar-refractivity contribution in [3.63, 3.8) is 0 Å². The Labute approximate surface area is 144 Å². The third kappa shape index (κ3) is 3.65. The molecule has 0 aliphatic heterocycles. The highest BCUT2D eigenvalue weighted by Gasteiger charge is 2.26. The van der Waals surface area contributed by atoms with Gasteiger partial charge >= 0.3 is 5.69 Å². The van der Waals surface area contributed by atoms with Crippen LogP contribution >= 0.6 is 11.6 Å². The Morgan fingerprint density at radius 1 is 1.33 bits per heavy atom. The summed E-state index contributed by atoms with van der Waals surface area (Å²) in [7, 11) is 1.50. The molecular formula is C15H18ClN5O3. The van der Waals surface area contributed by atoms with Crippen molar-refractivity contribution in [2.75, 3.05) is 30.4 Å². The summed E-state index contributed by atoms with van der Waals surface area (Å²) < 4.78 is 5.25. The van der Waals surface area contributed by atoms with E-state index in [-0.39, 0.29) is 17.3 Å². The van der Waals surface area contributed by atoms with Crippen molar-refractivity contribution < 1.29 is 9.66 Å². The van der Waals surface area contributed by atoms with Gasteiger partial charge in [-0.3, -0.25) is 10.1 Å². The summed E-state index contributed by atoms with van der Waals surface area (Å²) in [5.41, 5.74) is 0.292. The van der Waals surface area contributed by atoms with Crippen LogP contribution in [0.25, 0.3) is 0 Å². The Bertz CT molecular complexity index is 737. The van der Waals surface area contributed by atoms with Crippen molar-refractivity contribution in [3.05, 3.63) is 39.7 Å². The van der Waals surface area contributed by atoms with E-state index in [1.54, 1.807) is 23.1 Å². The van der Waals surface area contributed by atoms with E-state index in [2.05, 4.69) is 15.3 Å². The van der Waals surface area contributed by atoms with Gasteiger partial charge in [0.1, 0.15) is 12.1 Å². The van der Waals surface area contributed by atoms with E-state index in [9.17, 15) is 10.1 Å². The molecule has 1 aromatic carbocycles. The van der Waals surface area contributed by atoms with Gasteiger partial charge in [0.25, 0.3) is 0 Å². The molecule has 0 spiro atoms. The van der Waals surface area contributed by atoms with E-state index in [1.165, 1.54) is 13.4 Å². The van der Waals surface area contributed by atoms with Gasteiger partial charge < -0.3 is 15.0 Å². The summed E-state index contributed by atoms with van der Waals surface area (Å²) in [5, 5.41) is 15.0. The molecule has 0 saturated carbocycles. The fraction of sp³-hybridized carbons (Fsp3) is 0.333. The Kier molecular flexibility index (Phi) is 5.75. The number of ether oxygens (including phenoxy) is 1. The largest absolute Gasteiger partial charge is 0.495 e. The van der Waals surface area contributed by atoms with Gasteiger partial charge in [0.05, 0.1) is 17.7 Å². The van der Waals surface area contributed by atoms with E-state index in [4.69, 9.17) is 16.3 Å². The van der Waals surface area contributed by atoms with E-state index in [1.807, 2.05) is 13.8 Å². The number of hydrogen-bond donors (Lipinski definition) is 1. The molecule has 0 saturated heterocycles. The third-order valence-corrected chi connectivity index (χ3v) is 3.70.